The molecule has 0 unspecified atom stereocenters. The first kappa shape index (κ1) is 17.4. The number of aromatic nitrogens is 2. The number of pyridine rings is 1. The van der Waals surface area contributed by atoms with E-state index < -0.39 is 0 Å². The Morgan fingerprint density at radius 2 is 1.46 bits per heavy atom. The number of rotatable bonds is 1. The maximum absolute atomic E-state index is 5.13. The molecule has 3 heteroatoms. The van der Waals surface area contributed by atoms with Crippen molar-refractivity contribution in [3.63, 3.8) is 0 Å². The van der Waals surface area contributed by atoms with Crippen molar-refractivity contribution in [3.05, 3.63) is 81.5 Å². The first-order chi connectivity index (χ1) is 13.4. The van der Waals surface area contributed by atoms with Gasteiger partial charge in [0.2, 0.25) is 0 Å². The van der Waals surface area contributed by atoms with E-state index in [1.807, 2.05) is 0 Å². The van der Waals surface area contributed by atoms with Crippen molar-refractivity contribution in [3.8, 4) is 11.3 Å². The molecule has 0 bridgehead atoms. The van der Waals surface area contributed by atoms with Crippen molar-refractivity contribution in [2.24, 2.45) is 0 Å². The molecule has 2 aromatic heterocycles. The van der Waals surface area contributed by atoms with E-state index in [9.17, 15) is 0 Å². The van der Waals surface area contributed by atoms with Crippen molar-refractivity contribution in [1.29, 1.82) is 0 Å². The molecular weight excluding hydrogens is 408 g/mol. The quantitative estimate of drug-likeness (QED) is 0.256. The zero-order chi connectivity index (χ0) is 19.6. The summed E-state index contributed by atoms with van der Waals surface area (Å²) in [6, 6.07) is 17.4. The number of aryl methyl sites for hydroxylation is 4. The maximum atomic E-state index is 5.13. The largest absolute Gasteiger partial charge is 0.298 e. The van der Waals surface area contributed by atoms with Gasteiger partial charge < -0.3 is 0 Å². The number of imidazole rings is 1. The predicted octanol–water partition coefficient (Wildman–Crippen LogP) is 7.30. The molecule has 0 aliphatic heterocycles. The monoisotopic (exact) mass is 428 g/mol. The Balaban J connectivity index is 1.98. The Morgan fingerprint density at radius 3 is 2.18 bits per heavy atom. The summed E-state index contributed by atoms with van der Waals surface area (Å²) in [7, 11) is 0. The molecule has 0 amide bonds. The van der Waals surface area contributed by atoms with Crippen LogP contribution < -0.4 is 0 Å². The Bertz CT molecular complexity index is 1390. The summed E-state index contributed by atoms with van der Waals surface area (Å²) in [5.41, 5.74) is 9.58. The highest BCUT2D eigenvalue weighted by molar-refractivity contribution is 9.10. The van der Waals surface area contributed by atoms with Crippen LogP contribution in [-0.2, 0) is 0 Å². The zero-order valence-corrected chi connectivity index (χ0v) is 18.1. The molecule has 0 fully saturated rings. The van der Waals surface area contributed by atoms with Gasteiger partial charge in [0.05, 0.1) is 11.2 Å². The van der Waals surface area contributed by atoms with Crippen LogP contribution in [0.5, 0.6) is 0 Å². The fourth-order valence-electron chi connectivity index (χ4n) is 4.62. The average molecular weight is 429 g/mol. The fourth-order valence-corrected chi connectivity index (χ4v) is 5.19. The fraction of sp³-hybridized carbons (Fsp3) is 0.160. The number of hydrogen-bond donors (Lipinski definition) is 0. The van der Waals surface area contributed by atoms with Crippen molar-refractivity contribution >= 4 is 43.3 Å². The minimum absolute atomic E-state index is 1.02. The van der Waals surface area contributed by atoms with Crippen LogP contribution in [-0.4, -0.2) is 9.38 Å². The van der Waals surface area contributed by atoms with Gasteiger partial charge in [0.15, 0.2) is 0 Å². The normalized spacial score (nSPS) is 11.8. The average Bonchev–Trinajstić information content (AvgIpc) is 3.05. The third kappa shape index (κ3) is 2.50. The van der Waals surface area contributed by atoms with Gasteiger partial charge in [-0.3, -0.25) is 4.40 Å². The molecule has 5 aromatic rings. The molecule has 0 saturated heterocycles. The first-order valence-electron chi connectivity index (χ1n) is 9.52. The molecule has 3 aromatic carbocycles. The lowest BCUT2D eigenvalue weighted by Gasteiger charge is -2.11. The molecule has 0 aliphatic rings. The van der Waals surface area contributed by atoms with E-state index in [0.29, 0.717) is 0 Å². The van der Waals surface area contributed by atoms with E-state index in [4.69, 9.17) is 4.98 Å². The topological polar surface area (TPSA) is 17.3 Å². The molecule has 0 radical (unpaired) electrons. The minimum Gasteiger partial charge on any atom is -0.298 e. The van der Waals surface area contributed by atoms with Crippen molar-refractivity contribution < 1.29 is 0 Å². The van der Waals surface area contributed by atoms with Gasteiger partial charge in [-0.15, -0.1) is 0 Å². The van der Waals surface area contributed by atoms with Gasteiger partial charge in [-0.1, -0.05) is 57.9 Å². The van der Waals surface area contributed by atoms with E-state index in [1.54, 1.807) is 0 Å². The van der Waals surface area contributed by atoms with Crippen LogP contribution in [0.2, 0.25) is 0 Å². The summed E-state index contributed by atoms with van der Waals surface area (Å²) in [6.07, 6.45) is 2.20. The Hall–Kier alpha value is -2.65. The van der Waals surface area contributed by atoms with Gasteiger partial charge in [-0.25, -0.2) is 4.98 Å². The summed E-state index contributed by atoms with van der Waals surface area (Å²) >= 11 is 3.68. The van der Waals surface area contributed by atoms with Crippen LogP contribution in [0.3, 0.4) is 0 Å². The van der Waals surface area contributed by atoms with Crippen LogP contribution >= 0.6 is 15.9 Å². The van der Waals surface area contributed by atoms with Crippen LogP contribution in [0.15, 0.2) is 59.2 Å². The van der Waals surface area contributed by atoms with Gasteiger partial charge in [0.25, 0.3) is 0 Å². The smallest absolute Gasteiger partial charge is 0.145 e. The summed E-state index contributed by atoms with van der Waals surface area (Å²) in [5.74, 6) is 0. The van der Waals surface area contributed by atoms with Crippen LogP contribution in [0.1, 0.15) is 22.3 Å². The molecule has 0 atom stereocenters. The molecule has 5 rings (SSSR count). The second-order valence-electron chi connectivity index (χ2n) is 7.76. The van der Waals surface area contributed by atoms with Crippen molar-refractivity contribution in [1.82, 2.24) is 9.38 Å². The molecule has 0 saturated carbocycles. The number of hydrogen-bond acceptors (Lipinski definition) is 1. The highest BCUT2D eigenvalue weighted by atomic mass is 79.9. The van der Waals surface area contributed by atoms with Gasteiger partial charge in [0, 0.05) is 27.0 Å². The second-order valence-corrected chi connectivity index (χ2v) is 8.67. The minimum atomic E-state index is 1.02. The summed E-state index contributed by atoms with van der Waals surface area (Å²) < 4.78 is 3.38. The molecule has 2 heterocycles. The molecular formula is C25H21BrN2. The molecule has 0 N–H and O–H groups in total. The lowest BCUT2D eigenvalue weighted by atomic mass is 9.98. The number of halogens is 1. The number of benzene rings is 3. The van der Waals surface area contributed by atoms with Crippen molar-refractivity contribution in [2.45, 2.75) is 27.7 Å². The van der Waals surface area contributed by atoms with E-state index in [0.717, 1.165) is 15.8 Å². The highest BCUT2D eigenvalue weighted by Gasteiger charge is 2.16. The Morgan fingerprint density at radius 1 is 0.786 bits per heavy atom. The van der Waals surface area contributed by atoms with Crippen LogP contribution in [0, 0.1) is 27.7 Å². The highest BCUT2D eigenvalue weighted by Crippen LogP contribution is 2.36. The summed E-state index contributed by atoms with van der Waals surface area (Å²) in [4.78, 5) is 5.13. The van der Waals surface area contributed by atoms with E-state index in [-0.39, 0.29) is 0 Å². The lowest BCUT2D eigenvalue weighted by molar-refractivity contribution is 1.25. The predicted molar refractivity (Wildman–Crippen MR) is 122 cm³/mol. The third-order valence-electron chi connectivity index (χ3n) is 5.60. The lowest BCUT2D eigenvalue weighted by Crippen LogP contribution is -1.93. The number of nitrogens with zero attached hydrogens (tertiary/aromatic N) is 2. The maximum Gasteiger partial charge on any atom is 0.145 e. The molecule has 138 valence electrons. The standard InChI is InChI=1S/C25H21BrN2/c1-14-9-15(2)23(16(3)10-14)22-13-28-24-17(4)11-18(26)12-21(24)19-7-5-6-8-20(19)25(28)27-22/h5-13H,1-4H3. The SMILES string of the molecule is Cc1cc(C)c(-c2cn3c(n2)c2ccccc2c2cc(Br)cc(C)c23)c(C)c1. The summed E-state index contributed by atoms with van der Waals surface area (Å²) in [6.45, 7) is 8.68. The third-order valence-corrected chi connectivity index (χ3v) is 6.06. The van der Waals surface area contributed by atoms with E-state index in [2.05, 4.69) is 103 Å². The Labute approximate surface area is 173 Å². The van der Waals surface area contributed by atoms with E-state index >= 15 is 0 Å². The zero-order valence-electron chi connectivity index (χ0n) is 16.5. The molecule has 0 aliphatic carbocycles. The Kier molecular flexibility index (Phi) is 3.85. The molecule has 2 nitrogen and oxygen atoms in total. The van der Waals surface area contributed by atoms with E-state index in [1.165, 1.54) is 49.5 Å². The molecule has 28 heavy (non-hydrogen) atoms. The van der Waals surface area contributed by atoms with Crippen molar-refractivity contribution in [2.75, 3.05) is 0 Å². The van der Waals surface area contributed by atoms with Gasteiger partial charge in [-0.2, -0.15) is 0 Å². The number of fused-ring (bicyclic) bond motifs is 6. The van der Waals surface area contributed by atoms with Gasteiger partial charge >= 0.3 is 0 Å². The van der Waals surface area contributed by atoms with Crippen LogP contribution in [0.4, 0.5) is 0 Å². The van der Waals surface area contributed by atoms with Crippen LogP contribution in [0.25, 0.3) is 38.6 Å². The molecule has 0 spiro atoms. The second kappa shape index (κ2) is 6.18. The summed E-state index contributed by atoms with van der Waals surface area (Å²) in [5, 5.41) is 3.67. The first-order valence-corrected chi connectivity index (χ1v) is 10.3. The van der Waals surface area contributed by atoms with Gasteiger partial charge in [0.1, 0.15) is 5.65 Å². The van der Waals surface area contributed by atoms with Gasteiger partial charge in [-0.05, 0) is 61.9 Å².